The number of amides is 1. The lowest BCUT2D eigenvalue weighted by Gasteiger charge is -2.47. The Balaban J connectivity index is 2.50. The molecule has 1 aromatic carbocycles. The lowest BCUT2D eigenvalue weighted by Crippen LogP contribution is -2.62. The summed E-state index contributed by atoms with van der Waals surface area (Å²) >= 11 is 0. The van der Waals surface area contributed by atoms with Crippen LogP contribution in [-0.4, -0.2) is 36.5 Å². The summed E-state index contributed by atoms with van der Waals surface area (Å²) < 4.78 is 0. The normalized spacial score (nSPS) is 18.9. The highest BCUT2D eigenvalue weighted by molar-refractivity contribution is 5.91. The van der Waals surface area contributed by atoms with Crippen LogP contribution in [0, 0.1) is 6.92 Å². The van der Waals surface area contributed by atoms with E-state index in [1.807, 2.05) is 33.0 Å². The summed E-state index contributed by atoms with van der Waals surface area (Å²) in [6, 6.07) is 6.14. The van der Waals surface area contributed by atoms with Gasteiger partial charge in [-0.25, -0.2) is 0 Å². The van der Waals surface area contributed by atoms with Crippen molar-refractivity contribution in [3.63, 3.8) is 0 Å². The number of nitrogens with zero attached hydrogens (tertiary/aromatic N) is 2. The quantitative estimate of drug-likeness (QED) is 0.878. The Labute approximate surface area is 115 Å². The van der Waals surface area contributed by atoms with Gasteiger partial charge in [-0.3, -0.25) is 4.79 Å². The van der Waals surface area contributed by atoms with Crippen LogP contribution >= 0.6 is 0 Å². The fourth-order valence-electron chi connectivity index (χ4n) is 2.88. The number of nitrogens with two attached hydrogens (primary N) is 1. The molecule has 1 fully saturated rings. The third-order valence-electron chi connectivity index (χ3n) is 4.02. The molecule has 0 bridgehead atoms. The molecule has 0 atom stereocenters. The molecule has 0 unspecified atom stereocenters. The van der Waals surface area contributed by atoms with E-state index in [4.69, 9.17) is 5.73 Å². The molecule has 2 N–H and O–H groups in total. The molecule has 1 aliphatic rings. The van der Waals surface area contributed by atoms with Gasteiger partial charge in [-0.15, -0.1) is 0 Å². The van der Waals surface area contributed by atoms with Gasteiger partial charge in [0.05, 0.1) is 0 Å². The molecule has 0 aromatic heterocycles. The van der Waals surface area contributed by atoms with E-state index in [-0.39, 0.29) is 5.91 Å². The maximum Gasteiger partial charge on any atom is 0.247 e. The first-order chi connectivity index (χ1) is 8.89. The van der Waals surface area contributed by atoms with Crippen molar-refractivity contribution in [1.82, 2.24) is 4.90 Å². The van der Waals surface area contributed by atoms with Crippen LogP contribution in [0.4, 0.5) is 5.69 Å². The van der Waals surface area contributed by atoms with Crippen LogP contribution in [0.2, 0.25) is 0 Å². The zero-order valence-corrected chi connectivity index (χ0v) is 12.2. The molecule has 0 spiro atoms. The predicted octanol–water partition coefficient (Wildman–Crippen LogP) is 1.51. The van der Waals surface area contributed by atoms with E-state index < -0.39 is 5.54 Å². The van der Waals surface area contributed by atoms with Crippen molar-refractivity contribution in [2.24, 2.45) is 5.73 Å². The summed E-state index contributed by atoms with van der Waals surface area (Å²) in [5.74, 6) is 0.157. The second-order valence-corrected chi connectivity index (χ2v) is 5.72. The number of piperazine rings is 1. The molecular weight excluding hydrogens is 238 g/mol. The van der Waals surface area contributed by atoms with Crippen molar-refractivity contribution in [3.8, 4) is 0 Å². The first-order valence-corrected chi connectivity index (χ1v) is 6.71. The maximum absolute atomic E-state index is 12.4. The molecule has 1 amide bonds. The topological polar surface area (TPSA) is 49.6 Å². The highest BCUT2D eigenvalue weighted by Crippen LogP contribution is 2.33. The highest BCUT2D eigenvalue weighted by atomic mass is 16.2. The van der Waals surface area contributed by atoms with Gasteiger partial charge in [0.15, 0.2) is 0 Å². The Morgan fingerprint density at radius 1 is 1.32 bits per heavy atom. The number of hydrogen-bond donors (Lipinski definition) is 1. The second-order valence-electron chi connectivity index (χ2n) is 5.72. The van der Waals surface area contributed by atoms with E-state index in [9.17, 15) is 4.79 Å². The highest BCUT2D eigenvalue weighted by Gasteiger charge is 2.41. The number of anilines is 1. The lowest BCUT2D eigenvalue weighted by atomic mass is 9.94. The fraction of sp³-hybridized carbons (Fsp3) is 0.533. The van der Waals surface area contributed by atoms with Crippen molar-refractivity contribution in [1.29, 1.82) is 0 Å². The van der Waals surface area contributed by atoms with Gasteiger partial charge in [0.25, 0.3) is 0 Å². The molecule has 4 nitrogen and oxygen atoms in total. The summed E-state index contributed by atoms with van der Waals surface area (Å²) in [6.45, 7) is 8.13. The Morgan fingerprint density at radius 3 is 2.63 bits per heavy atom. The summed E-state index contributed by atoms with van der Waals surface area (Å²) in [5, 5.41) is 0. The van der Waals surface area contributed by atoms with Crippen LogP contribution in [-0.2, 0) is 11.3 Å². The van der Waals surface area contributed by atoms with Gasteiger partial charge in [-0.05, 0) is 31.9 Å². The van der Waals surface area contributed by atoms with Gasteiger partial charge in [0.1, 0.15) is 5.54 Å². The minimum absolute atomic E-state index is 0.157. The zero-order chi connectivity index (χ0) is 14.2. The van der Waals surface area contributed by atoms with Crippen molar-refractivity contribution in [2.45, 2.75) is 32.9 Å². The predicted molar refractivity (Wildman–Crippen MR) is 78.1 cm³/mol. The van der Waals surface area contributed by atoms with E-state index in [2.05, 4.69) is 17.9 Å². The molecule has 0 aliphatic carbocycles. The van der Waals surface area contributed by atoms with Crippen LogP contribution in [0.5, 0.6) is 0 Å². The van der Waals surface area contributed by atoms with Crippen molar-refractivity contribution < 1.29 is 4.79 Å². The van der Waals surface area contributed by atoms with E-state index in [1.54, 1.807) is 4.90 Å². The van der Waals surface area contributed by atoms with E-state index in [0.717, 1.165) is 24.3 Å². The first-order valence-electron chi connectivity index (χ1n) is 6.71. The van der Waals surface area contributed by atoms with E-state index >= 15 is 0 Å². The number of rotatable bonds is 2. The lowest BCUT2D eigenvalue weighted by molar-refractivity contribution is -0.136. The second kappa shape index (κ2) is 4.85. The number of aryl methyl sites for hydroxylation is 1. The molecule has 4 heteroatoms. The van der Waals surface area contributed by atoms with Crippen molar-refractivity contribution in [2.75, 3.05) is 25.0 Å². The molecule has 1 aliphatic heterocycles. The smallest absolute Gasteiger partial charge is 0.247 e. The maximum atomic E-state index is 12.4. The molecule has 104 valence electrons. The molecular formula is C15H23N3O. The average molecular weight is 261 g/mol. The van der Waals surface area contributed by atoms with Gasteiger partial charge in [0.2, 0.25) is 5.91 Å². The molecule has 1 aromatic rings. The average Bonchev–Trinajstić information content (AvgIpc) is 2.37. The number of carbonyl (C=O) groups excluding carboxylic acids is 1. The Bertz CT molecular complexity index is 496. The van der Waals surface area contributed by atoms with Gasteiger partial charge in [-0.2, -0.15) is 0 Å². The number of likely N-dealkylation sites (N-methyl/N-ethyl adjacent to an activating group) is 1. The number of para-hydroxylation sites is 1. The molecule has 0 saturated carbocycles. The van der Waals surface area contributed by atoms with Crippen LogP contribution < -0.4 is 10.6 Å². The fourth-order valence-corrected chi connectivity index (χ4v) is 2.88. The molecule has 0 radical (unpaired) electrons. The van der Waals surface area contributed by atoms with Gasteiger partial charge in [0, 0.05) is 32.4 Å². The summed E-state index contributed by atoms with van der Waals surface area (Å²) in [6.07, 6.45) is 0. The van der Waals surface area contributed by atoms with Gasteiger partial charge < -0.3 is 15.5 Å². The number of carbonyl (C=O) groups is 1. The standard InChI is InChI=1S/C15H23N3O/c1-11-6-5-7-12(10-16)13(11)18-9-8-17(4)14(19)15(18,2)3/h5-7H,8-10,16H2,1-4H3. The van der Waals surface area contributed by atoms with E-state index in [0.29, 0.717) is 6.54 Å². The minimum Gasteiger partial charge on any atom is -0.355 e. The third kappa shape index (κ3) is 2.21. The monoisotopic (exact) mass is 261 g/mol. The van der Waals surface area contributed by atoms with Crippen LogP contribution in [0.25, 0.3) is 0 Å². The van der Waals surface area contributed by atoms with Gasteiger partial charge in [-0.1, -0.05) is 18.2 Å². The minimum atomic E-state index is -0.525. The van der Waals surface area contributed by atoms with Crippen LogP contribution in [0.15, 0.2) is 18.2 Å². The largest absolute Gasteiger partial charge is 0.355 e. The Hall–Kier alpha value is -1.55. The number of benzene rings is 1. The number of hydrogen-bond acceptors (Lipinski definition) is 3. The third-order valence-corrected chi connectivity index (χ3v) is 4.02. The Morgan fingerprint density at radius 2 is 2.00 bits per heavy atom. The van der Waals surface area contributed by atoms with Crippen molar-refractivity contribution in [3.05, 3.63) is 29.3 Å². The first kappa shape index (κ1) is 13.9. The molecule has 1 saturated heterocycles. The molecule has 2 rings (SSSR count). The Kier molecular flexibility index (Phi) is 3.54. The zero-order valence-electron chi connectivity index (χ0n) is 12.2. The van der Waals surface area contributed by atoms with Crippen LogP contribution in [0.1, 0.15) is 25.0 Å². The summed E-state index contributed by atoms with van der Waals surface area (Å²) in [4.78, 5) is 16.4. The summed E-state index contributed by atoms with van der Waals surface area (Å²) in [7, 11) is 1.86. The van der Waals surface area contributed by atoms with E-state index in [1.165, 1.54) is 5.56 Å². The van der Waals surface area contributed by atoms with Crippen LogP contribution in [0.3, 0.4) is 0 Å². The SMILES string of the molecule is Cc1cccc(CN)c1N1CCN(C)C(=O)C1(C)C. The molecule has 19 heavy (non-hydrogen) atoms. The van der Waals surface area contributed by atoms with Crippen molar-refractivity contribution >= 4 is 11.6 Å². The molecule has 1 heterocycles. The van der Waals surface area contributed by atoms with Gasteiger partial charge >= 0.3 is 0 Å². The summed E-state index contributed by atoms with van der Waals surface area (Å²) in [5.41, 5.74) is 8.73.